The second kappa shape index (κ2) is 3.31. The Morgan fingerprint density at radius 2 is 2.19 bits per heavy atom. The Morgan fingerprint density at radius 1 is 1.44 bits per heavy atom. The number of nitrogens with two attached hydrogens (primary N) is 1. The van der Waals surface area contributed by atoms with E-state index < -0.39 is 0 Å². The predicted octanol–water partition coefficient (Wildman–Crippen LogP) is 2.54. The minimum absolute atomic E-state index is 0.587. The Bertz CT molecular complexity index is 536. The van der Waals surface area contributed by atoms with Crippen LogP contribution >= 0.6 is 11.3 Å². The van der Waals surface area contributed by atoms with Gasteiger partial charge in [0.05, 0.1) is 10.6 Å². The fraction of sp³-hybridized carbons (Fsp3) is 0.455. The third kappa shape index (κ3) is 1.35. The summed E-state index contributed by atoms with van der Waals surface area (Å²) in [6.07, 6.45) is 4.28. The minimum atomic E-state index is 0.587. The number of hydrogen-bond acceptors (Lipinski definition) is 4. The maximum Gasteiger partial charge on any atom is 0.167 e. The third-order valence-corrected chi connectivity index (χ3v) is 4.19. The molecule has 2 aromatic heterocycles. The van der Waals surface area contributed by atoms with Crippen LogP contribution in [0.4, 0.5) is 5.00 Å². The molecule has 0 amide bonds. The average Bonchev–Trinajstić information content (AvgIpc) is 2.92. The van der Waals surface area contributed by atoms with Gasteiger partial charge in [-0.3, -0.25) is 0 Å². The van der Waals surface area contributed by atoms with Gasteiger partial charge in [-0.15, -0.1) is 21.5 Å². The summed E-state index contributed by atoms with van der Waals surface area (Å²) in [7, 11) is 0. The van der Waals surface area contributed by atoms with E-state index in [1.807, 2.05) is 6.33 Å². The summed E-state index contributed by atoms with van der Waals surface area (Å²) in [5.74, 6) is 0.932. The summed E-state index contributed by atoms with van der Waals surface area (Å²) in [4.78, 5) is 1.26. The number of aromatic nitrogens is 3. The Kier molecular flexibility index (Phi) is 2.04. The first-order valence-electron chi connectivity index (χ1n) is 5.44. The van der Waals surface area contributed by atoms with Crippen LogP contribution in [0.1, 0.15) is 29.3 Å². The van der Waals surface area contributed by atoms with Crippen molar-refractivity contribution in [2.24, 2.45) is 0 Å². The molecule has 1 saturated carbocycles. The van der Waals surface area contributed by atoms with E-state index in [1.165, 1.54) is 23.3 Å². The summed E-state index contributed by atoms with van der Waals surface area (Å²) in [5, 5.41) is 9.09. The smallest absolute Gasteiger partial charge is 0.167 e. The molecule has 0 unspecified atom stereocenters. The highest BCUT2D eigenvalue weighted by Crippen LogP contribution is 2.42. The molecule has 0 bridgehead atoms. The molecule has 2 N–H and O–H groups in total. The van der Waals surface area contributed by atoms with Gasteiger partial charge in [-0.25, -0.2) is 0 Å². The monoisotopic (exact) mass is 234 g/mol. The van der Waals surface area contributed by atoms with Gasteiger partial charge in [0.1, 0.15) is 6.33 Å². The fourth-order valence-corrected chi connectivity index (χ4v) is 2.90. The average molecular weight is 234 g/mol. The summed E-state index contributed by atoms with van der Waals surface area (Å²) in [5.41, 5.74) is 8.37. The van der Waals surface area contributed by atoms with Crippen molar-refractivity contribution in [1.29, 1.82) is 0 Å². The second-order valence-corrected chi connectivity index (χ2v) is 5.57. The first kappa shape index (κ1) is 9.84. The summed E-state index contributed by atoms with van der Waals surface area (Å²) in [6.45, 7) is 4.20. The molecule has 0 aromatic carbocycles. The lowest BCUT2D eigenvalue weighted by Crippen LogP contribution is -1.98. The molecule has 3 rings (SSSR count). The van der Waals surface area contributed by atoms with Gasteiger partial charge < -0.3 is 10.3 Å². The number of nitrogen functional groups attached to an aromatic ring is 1. The molecule has 1 fully saturated rings. The Balaban J connectivity index is 2.17. The molecular formula is C11H14N4S. The van der Waals surface area contributed by atoms with Gasteiger partial charge in [0.15, 0.2) is 5.82 Å². The van der Waals surface area contributed by atoms with Gasteiger partial charge in [0, 0.05) is 10.9 Å². The molecule has 0 atom stereocenters. The van der Waals surface area contributed by atoms with E-state index in [1.54, 1.807) is 11.3 Å². The number of thiophene rings is 1. The first-order chi connectivity index (χ1) is 7.68. The Morgan fingerprint density at radius 3 is 2.75 bits per heavy atom. The van der Waals surface area contributed by atoms with Crippen LogP contribution in [-0.2, 0) is 0 Å². The molecule has 0 saturated heterocycles. The number of aryl methyl sites for hydroxylation is 1. The highest BCUT2D eigenvalue weighted by molar-refractivity contribution is 7.16. The molecule has 1 aliphatic rings. The molecule has 16 heavy (non-hydrogen) atoms. The van der Waals surface area contributed by atoms with Crippen LogP contribution in [0.25, 0.3) is 11.4 Å². The summed E-state index contributed by atoms with van der Waals surface area (Å²) < 4.78 is 2.16. The highest BCUT2D eigenvalue weighted by Gasteiger charge is 2.28. The molecular weight excluding hydrogens is 220 g/mol. The summed E-state index contributed by atoms with van der Waals surface area (Å²) >= 11 is 1.63. The molecule has 84 valence electrons. The van der Waals surface area contributed by atoms with Crippen molar-refractivity contribution in [3.8, 4) is 11.4 Å². The van der Waals surface area contributed by atoms with E-state index in [9.17, 15) is 0 Å². The third-order valence-electron chi connectivity index (χ3n) is 3.15. The van der Waals surface area contributed by atoms with Gasteiger partial charge >= 0.3 is 0 Å². The van der Waals surface area contributed by atoms with E-state index >= 15 is 0 Å². The second-order valence-electron chi connectivity index (χ2n) is 4.32. The van der Waals surface area contributed by atoms with Crippen LogP contribution < -0.4 is 5.73 Å². The zero-order chi connectivity index (χ0) is 11.3. The molecule has 4 nitrogen and oxygen atoms in total. The van der Waals surface area contributed by atoms with E-state index in [0.29, 0.717) is 6.04 Å². The molecule has 5 heteroatoms. The van der Waals surface area contributed by atoms with Crippen molar-refractivity contribution >= 4 is 16.3 Å². The van der Waals surface area contributed by atoms with Crippen LogP contribution in [0.5, 0.6) is 0 Å². The van der Waals surface area contributed by atoms with E-state index in [-0.39, 0.29) is 0 Å². The van der Waals surface area contributed by atoms with Crippen molar-refractivity contribution < 1.29 is 0 Å². The van der Waals surface area contributed by atoms with Crippen LogP contribution in [0.2, 0.25) is 0 Å². The van der Waals surface area contributed by atoms with Crippen molar-refractivity contribution in [2.75, 3.05) is 5.73 Å². The quantitative estimate of drug-likeness (QED) is 0.868. The largest absolute Gasteiger partial charge is 0.390 e. The van der Waals surface area contributed by atoms with Crippen molar-refractivity contribution in [3.05, 3.63) is 16.8 Å². The molecule has 0 aliphatic heterocycles. The Labute approximate surface area is 98.1 Å². The minimum Gasteiger partial charge on any atom is -0.390 e. The van der Waals surface area contributed by atoms with Crippen LogP contribution in [0.15, 0.2) is 6.33 Å². The lowest BCUT2D eigenvalue weighted by atomic mass is 10.1. The van der Waals surface area contributed by atoms with E-state index in [0.717, 1.165) is 16.4 Å². The van der Waals surface area contributed by atoms with Gasteiger partial charge in [0.2, 0.25) is 0 Å². The number of hydrogen-bond donors (Lipinski definition) is 1. The first-order valence-corrected chi connectivity index (χ1v) is 6.25. The van der Waals surface area contributed by atoms with Crippen molar-refractivity contribution in [3.63, 3.8) is 0 Å². The van der Waals surface area contributed by atoms with E-state index in [2.05, 4.69) is 28.6 Å². The zero-order valence-corrected chi connectivity index (χ0v) is 10.2. The Hall–Kier alpha value is -1.36. The topological polar surface area (TPSA) is 56.7 Å². The van der Waals surface area contributed by atoms with Gasteiger partial charge in [0.25, 0.3) is 0 Å². The summed E-state index contributed by atoms with van der Waals surface area (Å²) in [6, 6.07) is 0.587. The molecule has 2 heterocycles. The highest BCUT2D eigenvalue weighted by atomic mass is 32.1. The number of nitrogens with zero attached hydrogens (tertiary/aromatic N) is 3. The molecule has 1 aliphatic carbocycles. The zero-order valence-electron chi connectivity index (χ0n) is 9.40. The van der Waals surface area contributed by atoms with Crippen LogP contribution in [0.3, 0.4) is 0 Å². The van der Waals surface area contributed by atoms with Gasteiger partial charge in [-0.1, -0.05) is 0 Å². The predicted molar refractivity (Wildman–Crippen MR) is 65.5 cm³/mol. The number of anilines is 1. The standard InChI is InChI=1S/C11H14N4S/c1-6-7(2)16-10(12)9(6)11-14-13-5-15(11)8-3-4-8/h5,8H,3-4,12H2,1-2H3. The fourth-order valence-electron chi connectivity index (χ4n) is 1.97. The van der Waals surface area contributed by atoms with Crippen molar-refractivity contribution in [2.45, 2.75) is 32.7 Å². The molecule has 2 aromatic rings. The van der Waals surface area contributed by atoms with Crippen LogP contribution in [0, 0.1) is 13.8 Å². The maximum absolute atomic E-state index is 6.06. The van der Waals surface area contributed by atoms with Crippen LogP contribution in [-0.4, -0.2) is 14.8 Å². The SMILES string of the molecule is Cc1sc(N)c(-c2nncn2C2CC2)c1C. The van der Waals surface area contributed by atoms with Gasteiger partial charge in [-0.05, 0) is 32.3 Å². The lowest BCUT2D eigenvalue weighted by Gasteiger charge is -2.05. The lowest BCUT2D eigenvalue weighted by molar-refractivity contribution is 0.746. The van der Waals surface area contributed by atoms with E-state index in [4.69, 9.17) is 5.73 Å². The maximum atomic E-state index is 6.06. The van der Waals surface area contributed by atoms with Crippen molar-refractivity contribution in [1.82, 2.24) is 14.8 Å². The number of rotatable bonds is 2. The normalized spacial score (nSPS) is 15.6. The molecule has 0 spiro atoms. The van der Waals surface area contributed by atoms with Gasteiger partial charge in [-0.2, -0.15) is 0 Å². The molecule has 0 radical (unpaired) electrons.